The number of hydrogen-bond donors (Lipinski definition) is 3. The number of carbonyl (C=O) groups excluding carboxylic acids is 4. The van der Waals surface area contributed by atoms with E-state index in [1.807, 2.05) is 0 Å². The van der Waals surface area contributed by atoms with E-state index in [1.54, 1.807) is 0 Å². The van der Waals surface area contributed by atoms with Crippen LogP contribution in [0.2, 0.25) is 0 Å². The zero-order chi connectivity index (χ0) is 67.0. The number of esters is 4. The van der Waals surface area contributed by atoms with Gasteiger partial charge in [0, 0.05) is 25.7 Å². The molecule has 0 saturated carbocycles. The van der Waals surface area contributed by atoms with E-state index in [2.05, 4.69) is 34.6 Å². The van der Waals surface area contributed by atoms with Gasteiger partial charge in [-0.2, -0.15) is 0 Å². The first-order chi connectivity index (χ1) is 44.0. The fourth-order valence-electron chi connectivity index (χ4n) is 11.0. The maximum atomic E-state index is 13.0. The Morgan fingerprint density at radius 3 is 0.747 bits per heavy atom. The van der Waals surface area contributed by atoms with E-state index in [0.29, 0.717) is 25.7 Å². The van der Waals surface area contributed by atoms with Crippen molar-refractivity contribution in [3.05, 3.63) is 0 Å². The molecule has 19 heteroatoms. The highest BCUT2D eigenvalue weighted by Gasteiger charge is 2.30. The van der Waals surface area contributed by atoms with Gasteiger partial charge in [0.15, 0.2) is 12.2 Å². The predicted octanol–water partition coefficient (Wildman–Crippen LogP) is 20.9. The van der Waals surface area contributed by atoms with Crippen molar-refractivity contribution >= 4 is 39.5 Å². The summed E-state index contributed by atoms with van der Waals surface area (Å²) in [7, 11) is -9.90. The van der Waals surface area contributed by atoms with Crippen molar-refractivity contribution < 1.29 is 80.2 Å². The molecule has 0 aromatic carbocycles. The summed E-state index contributed by atoms with van der Waals surface area (Å²) in [4.78, 5) is 72.6. The first-order valence-electron chi connectivity index (χ1n) is 37.6. The molecule has 540 valence electrons. The van der Waals surface area contributed by atoms with Crippen LogP contribution < -0.4 is 0 Å². The van der Waals surface area contributed by atoms with Gasteiger partial charge in [-0.15, -0.1) is 0 Å². The minimum Gasteiger partial charge on any atom is -0.462 e. The molecule has 0 fully saturated rings. The van der Waals surface area contributed by atoms with Crippen LogP contribution in [0.5, 0.6) is 0 Å². The van der Waals surface area contributed by atoms with E-state index in [-0.39, 0.29) is 25.7 Å². The fourth-order valence-corrected chi connectivity index (χ4v) is 12.6. The average molecular weight is 1340 g/mol. The second-order valence-corrected chi connectivity index (χ2v) is 29.4. The van der Waals surface area contributed by atoms with Crippen LogP contribution in [0.25, 0.3) is 0 Å². The Balaban J connectivity index is 5.23. The zero-order valence-electron chi connectivity index (χ0n) is 59.0. The molecule has 0 aromatic rings. The van der Waals surface area contributed by atoms with Gasteiger partial charge in [0.05, 0.1) is 26.4 Å². The van der Waals surface area contributed by atoms with Gasteiger partial charge in [0.25, 0.3) is 0 Å². The normalized spacial score (nSPS) is 14.0. The van der Waals surface area contributed by atoms with E-state index in [0.717, 1.165) is 95.8 Å². The van der Waals surface area contributed by atoms with E-state index < -0.39 is 97.5 Å². The Morgan fingerprint density at radius 2 is 0.505 bits per heavy atom. The Labute approximate surface area is 556 Å². The second kappa shape index (κ2) is 65.4. The Kier molecular flexibility index (Phi) is 64.0. The summed E-state index contributed by atoms with van der Waals surface area (Å²) in [6.45, 7) is 7.22. The van der Waals surface area contributed by atoms with Crippen molar-refractivity contribution in [2.45, 2.75) is 393 Å². The molecule has 0 rings (SSSR count). The van der Waals surface area contributed by atoms with Crippen molar-refractivity contribution in [1.29, 1.82) is 0 Å². The number of carbonyl (C=O) groups is 4. The van der Waals surface area contributed by atoms with Crippen molar-refractivity contribution in [3.8, 4) is 0 Å². The number of unbranched alkanes of at least 4 members (excludes halogenated alkanes) is 44. The topological polar surface area (TPSA) is 237 Å². The van der Waals surface area contributed by atoms with Gasteiger partial charge in [-0.3, -0.25) is 37.3 Å². The first kappa shape index (κ1) is 89.1. The minimum absolute atomic E-state index is 0.105. The third-order valence-electron chi connectivity index (χ3n) is 16.8. The predicted molar refractivity (Wildman–Crippen MR) is 368 cm³/mol. The molecule has 0 aromatic heterocycles. The summed E-state index contributed by atoms with van der Waals surface area (Å²) in [5.74, 6) is -1.40. The quantitative estimate of drug-likeness (QED) is 0.0222. The van der Waals surface area contributed by atoms with Crippen LogP contribution in [0, 0.1) is 5.92 Å². The van der Waals surface area contributed by atoms with Crippen LogP contribution >= 0.6 is 15.6 Å². The molecule has 3 N–H and O–H groups in total. The number of phosphoric ester groups is 2. The molecule has 91 heavy (non-hydrogen) atoms. The smallest absolute Gasteiger partial charge is 0.462 e. The van der Waals surface area contributed by atoms with Gasteiger partial charge in [-0.05, 0) is 31.6 Å². The molecule has 0 bridgehead atoms. The maximum absolute atomic E-state index is 13.0. The van der Waals surface area contributed by atoms with Gasteiger partial charge in [-0.1, -0.05) is 324 Å². The number of rotatable bonds is 72. The molecule has 17 nitrogen and oxygen atoms in total. The molecule has 5 atom stereocenters. The molecule has 0 heterocycles. The Bertz CT molecular complexity index is 1750. The zero-order valence-corrected chi connectivity index (χ0v) is 60.8. The summed E-state index contributed by atoms with van der Waals surface area (Å²) >= 11 is 0. The lowest BCUT2D eigenvalue weighted by atomic mass is 10.0. The van der Waals surface area contributed by atoms with Crippen LogP contribution in [-0.4, -0.2) is 96.7 Å². The van der Waals surface area contributed by atoms with Crippen LogP contribution in [-0.2, 0) is 65.4 Å². The lowest BCUT2D eigenvalue weighted by molar-refractivity contribution is -0.161. The standard InChI is InChI=1S/C72H140O17P2/c1-6-9-12-15-18-21-24-26-27-28-29-31-33-36-42-47-52-57-71(76)88-67(61-83-70(75)56-51-46-41-35-32-30-25-22-19-16-13-10-7-2)63-86-90(78,79)84-59-66(73)60-85-91(80,81)87-64-68(62-82-69(74)55-50-45-40-34-23-20-17-14-11-8-3)89-72(77)58-53-48-43-38-37-39-44-49-54-65(4)5/h65-68,73H,6-64H2,1-5H3,(H,78,79)(H,80,81)/t66-,67-,68-/m1/s1. The van der Waals surface area contributed by atoms with E-state index in [9.17, 15) is 43.2 Å². The van der Waals surface area contributed by atoms with Crippen LogP contribution in [0.15, 0.2) is 0 Å². The third-order valence-corrected chi connectivity index (χ3v) is 18.7. The number of aliphatic hydroxyl groups is 1. The Hall–Kier alpha value is -1.94. The number of ether oxygens (including phenoxy) is 4. The molecular weight excluding hydrogens is 1200 g/mol. The van der Waals surface area contributed by atoms with Gasteiger partial charge in [0.2, 0.25) is 0 Å². The molecule has 0 radical (unpaired) electrons. The first-order valence-corrected chi connectivity index (χ1v) is 40.6. The second-order valence-electron chi connectivity index (χ2n) is 26.5. The lowest BCUT2D eigenvalue weighted by Gasteiger charge is -2.21. The summed E-state index contributed by atoms with van der Waals surface area (Å²) < 4.78 is 68.3. The summed E-state index contributed by atoms with van der Waals surface area (Å²) in [6.07, 6.45) is 52.7. The lowest BCUT2D eigenvalue weighted by Crippen LogP contribution is -2.30. The summed E-state index contributed by atoms with van der Waals surface area (Å²) in [5.41, 5.74) is 0. The van der Waals surface area contributed by atoms with Crippen molar-refractivity contribution in [1.82, 2.24) is 0 Å². The fraction of sp³-hybridized carbons (Fsp3) is 0.944. The van der Waals surface area contributed by atoms with Gasteiger partial charge >= 0.3 is 39.5 Å². The minimum atomic E-state index is -4.95. The van der Waals surface area contributed by atoms with Gasteiger partial charge in [0.1, 0.15) is 19.3 Å². The SMILES string of the molecule is CCCCCCCCCCCCCCCCCCCC(=O)O[C@H](COC(=O)CCCCCCCCCCCCCCC)COP(=O)(O)OC[C@@H](O)COP(=O)(O)OC[C@@H](COC(=O)CCCCCCCCCCCC)OC(=O)CCCCCCCCCCC(C)C. The monoisotopic (exact) mass is 1340 g/mol. The van der Waals surface area contributed by atoms with Crippen molar-refractivity contribution in [3.63, 3.8) is 0 Å². The van der Waals surface area contributed by atoms with Gasteiger partial charge in [-0.25, -0.2) is 9.13 Å². The van der Waals surface area contributed by atoms with E-state index in [1.165, 1.54) is 199 Å². The highest BCUT2D eigenvalue weighted by atomic mass is 31.2. The molecule has 0 aliphatic heterocycles. The number of phosphoric acid groups is 2. The Morgan fingerprint density at radius 1 is 0.297 bits per heavy atom. The highest BCUT2D eigenvalue weighted by Crippen LogP contribution is 2.45. The molecule has 2 unspecified atom stereocenters. The van der Waals surface area contributed by atoms with E-state index >= 15 is 0 Å². The molecule has 0 saturated heterocycles. The van der Waals surface area contributed by atoms with Crippen LogP contribution in [0.4, 0.5) is 0 Å². The van der Waals surface area contributed by atoms with Crippen molar-refractivity contribution in [2.75, 3.05) is 39.6 Å². The largest absolute Gasteiger partial charge is 0.472 e. The molecule has 0 amide bonds. The van der Waals surface area contributed by atoms with Gasteiger partial charge < -0.3 is 33.8 Å². The van der Waals surface area contributed by atoms with Crippen LogP contribution in [0.1, 0.15) is 375 Å². The maximum Gasteiger partial charge on any atom is 0.472 e. The van der Waals surface area contributed by atoms with Crippen LogP contribution in [0.3, 0.4) is 0 Å². The third kappa shape index (κ3) is 66.5. The number of hydrogen-bond acceptors (Lipinski definition) is 15. The molecule has 0 aliphatic rings. The molecular formula is C72H140O17P2. The summed E-state index contributed by atoms with van der Waals surface area (Å²) in [5, 5.41) is 10.6. The number of aliphatic hydroxyl groups excluding tert-OH is 1. The highest BCUT2D eigenvalue weighted by molar-refractivity contribution is 7.47. The van der Waals surface area contributed by atoms with Crippen molar-refractivity contribution in [2.24, 2.45) is 5.92 Å². The molecule has 0 aliphatic carbocycles. The molecule has 0 spiro atoms. The summed E-state index contributed by atoms with van der Waals surface area (Å²) in [6, 6.07) is 0. The average Bonchev–Trinajstić information content (AvgIpc) is 3.66. The van der Waals surface area contributed by atoms with E-state index in [4.69, 9.17) is 37.0 Å².